The van der Waals surface area contributed by atoms with Crippen LogP contribution in [-0.2, 0) is 22.7 Å². The van der Waals surface area contributed by atoms with Gasteiger partial charge < -0.3 is 14.6 Å². The Hall–Kier alpha value is -1.68. The Labute approximate surface area is 239 Å². The van der Waals surface area contributed by atoms with Gasteiger partial charge in [-0.15, -0.1) is 0 Å². The van der Waals surface area contributed by atoms with Crippen LogP contribution in [0.2, 0.25) is 0 Å². The molecule has 0 unspecified atom stereocenters. The third kappa shape index (κ3) is 14.5. The molecule has 0 aromatic heterocycles. The number of benzene rings is 2. The fourth-order valence-electron chi connectivity index (χ4n) is 6.18. The van der Waals surface area contributed by atoms with E-state index in [2.05, 4.69) is 60.7 Å². The van der Waals surface area contributed by atoms with Crippen molar-refractivity contribution in [3.8, 4) is 0 Å². The second-order valence-corrected chi connectivity index (χ2v) is 12.1. The van der Waals surface area contributed by atoms with Crippen molar-refractivity contribution in [3.05, 3.63) is 71.8 Å². The van der Waals surface area contributed by atoms with E-state index in [1.54, 1.807) is 0 Å². The Bertz CT molecular complexity index is 752. The molecule has 2 aromatic rings. The number of hydrogen-bond donors (Lipinski definition) is 1. The molecule has 0 spiro atoms. The van der Waals surface area contributed by atoms with Gasteiger partial charge in [0.1, 0.15) is 0 Å². The molecule has 39 heavy (non-hydrogen) atoms. The summed E-state index contributed by atoms with van der Waals surface area (Å²) in [6.07, 6.45) is 23.2. The summed E-state index contributed by atoms with van der Waals surface area (Å²) >= 11 is 0. The summed E-state index contributed by atoms with van der Waals surface area (Å²) in [5.41, 5.74) is 2.99. The number of aliphatic hydroxyl groups excluding tert-OH is 1. The van der Waals surface area contributed by atoms with Crippen molar-refractivity contribution in [1.82, 2.24) is 0 Å². The van der Waals surface area contributed by atoms with Gasteiger partial charge in [0.05, 0.1) is 19.3 Å². The second-order valence-electron chi connectivity index (χ2n) is 12.1. The summed E-state index contributed by atoms with van der Waals surface area (Å²) < 4.78 is 11.6. The molecule has 3 nitrogen and oxygen atoms in total. The highest BCUT2D eigenvalue weighted by atomic mass is 16.5. The molecule has 1 saturated carbocycles. The zero-order valence-corrected chi connectivity index (χ0v) is 24.7. The van der Waals surface area contributed by atoms with Crippen molar-refractivity contribution in [2.75, 3.05) is 13.2 Å². The lowest BCUT2D eigenvalue weighted by molar-refractivity contribution is -0.0455. The Balaban J connectivity index is 1.07. The van der Waals surface area contributed by atoms with Gasteiger partial charge in [0.25, 0.3) is 0 Å². The van der Waals surface area contributed by atoms with Crippen molar-refractivity contribution in [1.29, 1.82) is 0 Å². The Morgan fingerprint density at radius 2 is 0.872 bits per heavy atom. The average Bonchev–Trinajstić information content (AvgIpc) is 2.95. The van der Waals surface area contributed by atoms with E-state index in [4.69, 9.17) is 9.47 Å². The molecule has 1 N–H and O–H groups in total. The SMILES string of the molecule is OC1CC(CCCCCCCCCOCc2ccccc2)(CCCCCCCCCOCc2ccccc2)C1. The van der Waals surface area contributed by atoms with E-state index in [-0.39, 0.29) is 6.10 Å². The van der Waals surface area contributed by atoms with Crippen molar-refractivity contribution in [3.63, 3.8) is 0 Å². The summed E-state index contributed by atoms with van der Waals surface area (Å²) in [6, 6.07) is 20.9. The highest BCUT2D eigenvalue weighted by Gasteiger charge is 2.41. The van der Waals surface area contributed by atoms with Crippen LogP contribution >= 0.6 is 0 Å². The molecule has 0 radical (unpaired) electrons. The molecule has 0 aliphatic heterocycles. The lowest BCUT2D eigenvalue weighted by atomic mass is 9.61. The molecule has 0 amide bonds. The minimum Gasteiger partial charge on any atom is -0.393 e. The summed E-state index contributed by atoms with van der Waals surface area (Å²) in [5.74, 6) is 0. The first kappa shape index (κ1) is 31.8. The van der Waals surface area contributed by atoms with Gasteiger partial charge in [0.15, 0.2) is 0 Å². The first-order chi connectivity index (χ1) is 19.3. The minimum absolute atomic E-state index is 0.0294. The van der Waals surface area contributed by atoms with E-state index < -0.39 is 0 Å². The zero-order chi connectivity index (χ0) is 27.3. The molecular weight excluding hydrogens is 480 g/mol. The lowest BCUT2D eigenvalue weighted by Crippen LogP contribution is -2.40. The number of rotatable bonds is 24. The van der Waals surface area contributed by atoms with Crippen LogP contribution in [0.25, 0.3) is 0 Å². The molecule has 0 atom stereocenters. The largest absolute Gasteiger partial charge is 0.393 e. The van der Waals surface area contributed by atoms with Gasteiger partial charge in [-0.2, -0.15) is 0 Å². The normalized spacial score (nSPS) is 14.9. The van der Waals surface area contributed by atoms with E-state index in [1.807, 2.05) is 0 Å². The molecule has 0 saturated heterocycles. The average molecular weight is 537 g/mol. The predicted octanol–water partition coefficient (Wildman–Crippen LogP) is 9.80. The van der Waals surface area contributed by atoms with E-state index in [0.29, 0.717) is 5.41 Å². The second kappa shape index (κ2) is 20.2. The third-order valence-corrected chi connectivity index (χ3v) is 8.55. The van der Waals surface area contributed by atoms with Crippen LogP contribution < -0.4 is 0 Å². The molecule has 1 fully saturated rings. The number of aliphatic hydroxyl groups is 1. The fourth-order valence-corrected chi connectivity index (χ4v) is 6.18. The summed E-state index contributed by atoms with van der Waals surface area (Å²) in [6.45, 7) is 3.24. The number of unbranched alkanes of at least 4 members (excludes halogenated alkanes) is 12. The minimum atomic E-state index is -0.0294. The van der Waals surface area contributed by atoms with E-state index in [1.165, 1.54) is 114 Å². The molecule has 0 bridgehead atoms. The van der Waals surface area contributed by atoms with Crippen LogP contribution in [0.4, 0.5) is 0 Å². The van der Waals surface area contributed by atoms with Crippen LogP contribution in [0, 0.1) is 5.41 Å². The first-order valence-electron chi connectivity index (χ1n) is 16.2. The highest BCUT2D eigenvalue weighted by Crippen LogP contribution is 2.49. The van der Waals surface area contributed by atoms with Crippen LogP contribution in [-0.4, -0.2) is 24.4 Å². The first-order valence-corrected chi connectivity index (χ1v) is 16.2. The Kier molecular flexibility index (Phi) is 16.5. The Morgan fingerprint density at radius 3 is 1.26 bits per heavy atom. The van der Waals surface area contributed by atoms with Gasteiger partial charge in [-0.05, 0) is 55.1 Å². The molecule has 2 aromatic carbocycles. The van der Waals surface area contributed by atoms with Crippen molar-refractivity contribution >= 4 is 0 Å². The van der Waals surface area contributed by atoms with E-state index >= 15 is 0 Å². The van der Waals surface area contributed by atoms with Crippen molar-refractivity contribution < 1.29 is 14.6 Å². The smallest absolute Gasteiger partial charge is 0.0716 e. The van der Waals surface area contributed by atoms with Gasteiger partial charge in [0.2, 0.25) is 0 Å². The predicted molar refractivity (Wildman–Crippen MR) is 164 cm³/mol. The summed E-state index contributed by atoms with van der Waals surface area (Å²) in [4.78, 5) is 0. The van der Waals surface area contributed by atoms with Crippen molar-refractivity contribution in [2.24, 2.45) is 5.41 Å². The molecular formula is C36H56O3. The maximum absolute atomic E-state index is 10.0. The maximum atomic E-state index is 10.0. The lowest BCUT2D eigenvalue weighted by Gasteiger charge is -2.46. The Morgan fingerprint density at radius 1 is 0.513 bits per heavy atom. The van der Waals surface area contributed by atoms with E-state index in [0.717, 1.165) is 39.3 Å². The molecule has 218 valence electrons. The third-order valence-electron chi connectivity index (χ3n) is 8.55. The standard InChI is InChI=1S/C36H56O3/c37-35-29-36(30-35,25-17-7-3-1-5-9-19-27-38-31-33-21-13-11-14-22-33)26-18-8-4-2-6-10-20-28-39-32-34-23-15-12-16-24-34/h11-16,21-24,35,37H,1-10,17-20,25-32H2. The topological polar surface area (TPSA) is 38.7 Å². The summed E-state index contributed by atoms with van der Waals surface area (Å²) in [7, 11) is 0. The fraction of sp³-hybridized carbons (Fsp3) is 0.667. The maximum Gasteiger partial charge on any atom is 0.0716 e. The van der Waals surface area contributed by atoms with Crippen LogP contribution in [0.3, 0.4) is 0 Å². The van der Waals surface area contributed by atoms with Gasteiger partial charge in [0, 0.05) is 13.2 Å². The monoisotopic (exact) mass is 536 g/mol. The number of ether oxygens (including phenoxy) is 2. The molecule has 1 aliphatic carbocycles. The molecule has 3 heteroatoms. The quantitative estimate of drug-likeness (QED) is 0.136. The summed E-state index contributed by atoms with van der Waals surface area (Å²) in [5, 5.41) is 10.0. The highest BCUT2D eigenvalue weighted by molar-refractivity contribution is 5.14. The molecule has 1 aliphatic rings. The molecule has 0 heterocycles. The van der Waals surface area contributed by atoms with Crippen LogP contribution in [0.5, 0.6) is 0 Å². The van der Waals surface area contributed by atoms with Gasteiger partial charge in [-0.3, -0.25) is 0 Å². The van der Waals surface area contributed by atoms with E-state index in [9.17, 15) is 5.11 Å². The number of hydrogen-bond acceptors (Lipinski definition) is 3. The zero-order valence-electron chi connectivity index (χ0n) is 24.7. The van der Waals surface area contributed by atoms with Crippen molar-refractivity contribution in [2.45, 2.75) is 135 Å². The van der Waals surface area contributed by atoms with Gasteiger partial charge in [-0.25, -0.2) is 0 Å². The van der Waals surface area contributed by atoms with Gasteiger partial charge in [-0.1, -0.05) is 138 Å². The molecule has 3 rings (SSSR count). The van der Waals surface area contributed by atoms with Gasteiger partial charge >= 0.3 is 0 Å². The van der Waals surface area contributed by atoms with Crippen LogP contribution in [0.15, 0.2) is 60.7 Å². The van der Waals surface area contributed by atoms with Crippen LogP contribution in [0.1, 0.15) is 127 Å².